The van der Waals surface area contributed by atoms with Gasteiger partial charge in [0, 0.05) is 0 Å². The molecule has 1 unspecified atom stereocenters. The number of esters is 1. The Morgan fingerprint density at radius 3 is 2.23 bits per heavy atom. The monoisotopic (exact) mass is 405 g/mol. The fourth-order valence-corrected chi connectivity index (χ4v) is 2.76. The van der Waals surface area contributed by atoms with Crippen molar-refractivity contribution >= 4 is 17.6 Å². The smallest absolute Gasteiger partial charge is 0.342 e. The highest BCUT2D eigenvalue weighted by Crippen LogP contribution is 2.24. The summed E-state index contributed by atoms with van der Waals surface area (Å²) in [4.78, 5) is 25.1. The van der Waals surface area contributed by atoms with E-state index in [4.69, 9.17) is 14.2 Å². The van der Waals surface area contributed by atoms with Crippen LogP contribution in [0.3, 0.4) is 0 Å². The van der Waals surface area contributed by atoms with Gasteiger partial charge in [-0.1, -0.05) is 54.6 Å². The minimum Gasteiger partial charge on any atom is -0.495 e. The Morgan fingerprint density at radius 2 is 1.50 bits per heavy atom. The van der Waals surface area contributed by atoms with E-state index < -0.39 is 18.0 Å². The molecule has 1 atom stereocenters. The van der Waals surface area contributed by atoms with Gasteiger partial charge in [0.05, 0.1) is 12.8 Å². The number of ether oxygens (including phenoxy) is 3. The predicted octanol–water partition coefficient (Wildman–Crippen LogP) is 4.46. The van der Waals surface area contributed by atoms with Gasteiger partial charge in [0.2, 0.25) is 0 Å². The number of benzene rings is 3. The van der Waals surface area contributed by atoms with Crippen LogP contribution in [0.2, 0.25) is 0 Å². The van der Waals surface area contributed by atoms with Crippen molar-refractivity contribution in [3.05, 3.63) is 90.0 Å². The number of nitrogens with one attached hydrogen (secondary N) is 1. The number of amides is 1. The Hall–Kier alpha value is -3.80. The molecule has 0 saturated heterocycles. The van der Waals surface area contributed by atoms with Gasteiger partial charge in [-0.15, -0.1) is 0 Å². The van der Waals surface area contributed by atoms with Crippen LogP contribution in [0.5, 0.6) is 11.5 Å². The SMILES string of the molecule is COc1ccccc1NC(=O)C(C)OC(=O)c1ccccc1OCc1ccccc1. The lowest BCUT2D eigenvalue weighted by Gasteiger charge is -2.16. The minimum atomic E-state index is -1.01. The van der Waals surface area contributed by atoms with E-state index in [9.17, 15) is 9.59 Å². The van der Waals surface area contributed by atoms with E-state index in [-0.39, 0.29) is 5.56 Å². The summed E-state index contributed by atoms with van der Waals surface area (Å²) in [6.45, 7) is 1.82. The van der Waals surface area contributed by atoms with Gasteiger partial charge in [0.15, 0.2) is 6.10 Å². The molecule has 1 amide bonds. The lowest BCUT2D eigenvalue weighted by atomic mass is 10.2. The van der Waals surface area contributed by atoms with E-state index in [0.29, 0.717) is 23.8 Å². The first-order valence-corrected chi connectivity index (χ1v) is 9.49. The van der Waals surface area contributed by atoms with Crippen molar-refractivity contribution in [3.8, 4) is 11.5 Å². The van der Waals surface area contributed by atoms with Crippen LogP contribution < -0.4 is 14.8 Å². The molecule has 0 radical (unpaired) electrons. The zero-order chi connectivity index (χ0) is 21.3. The van der Waals surface area contributed by atoms with Crippen molar-refractivity contribution in [2.45, 2.75) is 19.6 Å². The van der Waals surface area contributed by atoms with Gasteiger partial charge in [-0.25, -0.2) is 4.79 Å². The third kappa shape index (κ3) is 5.38. The van der Waals surface area contributed by atoms with Gasteiger partial charge in [0.1, 0.15) is 23.7 Å². The second kappa shape index (κ2) is 10.1. The number of para-hydroxylation sites is 3. The molecule has 3 aromatic carbocycles. The number of rotatable bonds is 8. The molecule has 3 rings (SSSR count). The van der Waals surface area contributed by atoms with E-state index in [1.165, 1.54) is 14.0 Å². The topological polar surface area (TPSA) is 73.9 Å². The largest absolute Gasteiger partial charge is 0.495 e. The molecular weight excluding hydrogens is 382 g/mol. The summed E-state index contributed by atoms with van der Waals surface area (Å²) in [6.07, 6.45) is -1.01. The first-order valence-electron chi connectivity index (χ1n) is 9.49. The van der Waals surface area contributed by atoms with Crippen molar-refractivity contribution in [3.63, 3.8) is 0 Å². The maximum absolute atomic E-state index is 12.7. The summed E-state index contributed by atoms with van der Waals surface area (Å²) in [7, 11) is 1.51. The molecule has 6 heteroatoms. The number of anilines is 1. The first kappa shape index (κ1) is 20.9. The Labute approximate surface area is 175 Å². The van der Waals surface area contributed by atoms with E-state index >= 15 is 0 Å². The van der Waals surface area contributed by atoms with Crippen molar-refractivity contribution in [1.82, 2.24) is 0 Å². The average Bonchev–Trinajstić information content (AvgIpc) is 2.78. The molecule has 0 bridgehead atoms. The maximum atomic E-state index is 12.7. The van der Waals surface area contributed by atoms with Gasteiger partial charge in [-0.3, -0.25) is 4.79 Å². The summed E-state index contributed by atoms with van der Waals surface area (Å²) in [5.74, 6) is -0.190. The van der Waals surface area contributed by atoms with E-state index in [2.05, 4.69) is 5.32 Å². The van der Waals surface area contributed by atoms with Gasteiger partial charge < -0.3 is 19.5 Å². The number of carbonyl (C=O) groups excluding carboxylic acids is 2. The zero-order valence-corrected chi connectivity index (χ0v) is 16.8. The van der Waals surface area contributed by atoms with Crippen molar-refractivity contribution in [1.29, 1.82) is 0 Å². The predicted molar refractivity (Wildman–Crippen MR) is 114 cm³/mol. The van der Waals surface area contributed by atoms with E-state index in [1.54, 1.807) is 48.5 Å². The number of hydrogen-bond donors (Lipinski definition) is 1. The third-order valence-corrected chi connectivity index (χ3v) is 4.36. The summed E-state index contributed by atoms with van der Waals surface area (Å²) in [5, 5.41) is 2.71. The average molecular weight is 405 g/mol. The molecule has 0 aliphatic rings. The normalized spacial score (nSPS) is 11.3. The lowest BCUT2D eigenvalue weighted by molar-refractivity contribution is -0.123. The molecule has 0 fully saturated rings. The lowest BCUT2D eigenvalue weighted by Crippen LogP contribution is -2.30. The molecule has 3 aromatic rings. The molecule has 0 spiro atoms. The highest BCUT2D eigenvalue weighted by Gasteiger charge is 2.22. The Bertz CT molecular complexity index is 1000. The fourth-order valence-electron chi connectivity index (χ4n) is 2.76. The molecule has 0 saturated carbocycles. The molecule has 0 aliphatic carbocycles. The number of methoxy groups -OCH3 is 1. The van der Waals surface area contributed by atoms with Crippen LogP contribution in [0.15, 0.2) is 78.9 Å². The van der Waals surface area contributed by atoms with Gasteiger partial charge >= 0.3 is 5.97 Å². The van der Waals surface area contributed by atoms with Gasteiger partial charge in [-0.2, -0.15) is 0 Å². The van der Waals surface area contributed by atoms with Crippen LogP contribution >= 0.6 is 0 Å². The summed E-state index contributed by atoms with van der Waals surface area (Å²) in [5.41, 5.74) is 1.73. The second-order valence-electron chi connectivity index (χ2n) is 6.51. The van der Waals surface area contributed by atoms with Crippen molar-refractivity contribution in [2.75, 3.05) is 12.4 Å². The van der Waals surface area contributed by atoms with Crippen LogP contribution in [0.4, 0.5) is 5.69 Å². The van der Waals surface area contributed by atoms with E-state index in [1.807, 2.05) is 30.3 Å². The highest BCUT2D eigenvalue weighted by atomic mass is 16.5. The molecule has 0 heterocycles. The summed E-state index contributed by atoms with van der Waals surface area (Å²) in [6, 6.07) is 23.4. The number of hydrogen-bond acceptors (Lipinski definition) is 5. The molecule has 30 heavy (non-hydrogen) atoms. The third-order valence-electron chi connectivity index (χ3n) is 4.36. The highest BCUT2D eigenvalue weighted by molar-refractivity contribution is 5.99. The first-order chi connectivity index (χ1) is 14.6. The van der Waals surface area contributed by atoms with Crippen LogP contribution in [0.25, 0.3) is 0 Å². The Kier molecular flexibility index (Phi) is 7.05. The maximum Gasteiger partial charge on any atom is 0.342 e. The van der Waals surface area contributed by atoms with Crippen LogP contribution in [-0.2, 0) is 16.1 Å². The van der Waals surface area contributed by atoms with Crippen molar-refractivity contribution in [2.24, 2.45) is 0 Å². The standard InChI is InChI=1S/C24H23NO5/c1-17(23(26)25-20-13-7-9-15-22(20)28-2)30-24(27)19-12-6-8-14-21(19)29-16-18-10-4-3-5-11-18/h3-15,17H,16H2,1-2H3,(H,25,26). The number of carbonyl (C=O) groups is 2. The van der Waals surface area contributed by atoms with E-state index in [0.717, 1.165) is 5.56 Å². The molecular formula is C24H23NO5. The summed E-state index contributed by atoms with van der Waals surface area (Å²) < 4.78 is 16.4. The molecule has 0 aromatic heterocycles. The molecule has 1 N–H and O–H groups in total. The summed E-state index contributed by atoms with van der Waals surface area (Å²) >= 11 is 0. The van der Waals surface area contributed by atoms with Crippen molar-refractivity contribution < 1.29 is 23.8 Å². The second-order valence-corrected chi connectivity index (χ2v) is 6.51. The fraction of sp³-hybridized carbons (Fsp3) is 0.167. The van der Waals surface area contributed by atoms with Gasteiger partial charge in [0.25, 0.3) is 5.91 Å². The van der Waals surface area contributed by atoms with Crippen LogP contribution in [0, 0.1) is 0 Å². The zero-order valence-electron chi connectivity index (χ0n) is 16.8. The Morgan fingerprint density at radius 1 is 0.867 bits per heavy atom. The van der Waals surface area contributed by atoms with Crippen LogP contribution in [-0.4, -0.2) is 25.1 Å². The van der Waals surface area contributed by atoms with Gasteiger partial charge in [-0.05, 0) is 36.8 Å². The molecule has 0 aliphatic heterocycles. The Balaban J connectivity index is 1.64. The van der Waals surface area contributed by atoms with Crippen LogP contribution in [0.1, 0.15) is 22.8 Å². The molecule has 6 nitrogen and oxygen atoms in total. The minimum absolute atomic E-state index is 0.255. The molecule has 154 valence electrons. The quantitative estimate of drug-likeness (QED) is 0.560.